The average Bonchev–Trinajstić information content (AvgIpc) is 3.25. The van der Waals surface area contributed by atoms with Crippen LogP contribution in [0.15, 0.2) is 47.2 Å². The van der Waals surface area contributed by atoms with Crippen LogP contribution in [0.1, 0.15) is 11.1 Å². The Labute approximate surface area is 146 Å². The normalized spacial score (nSPS) is 11.2. The summed E-state index contributed by atoms with van der Waals surface area (Å²) in [6, 6.07) is 13.3. The molecule has 0 aromatic carbocycles. The summed E-state index contributed by atoms with van der Waals surface area (Å²) >= 11 is 7.47. The molecule has 0 radical (unpaired) electrons. The SMILES string of the molecule is Cc1cc(-c2cccs2)sc1-c1cc(C)c(-c2cccs2)s1. The molecule has 0 N–H and O–H groups in total. The molecule has 0 saturated heterocycles. The zero-order valence-electron chi connectivity index (χ0n) is 12.3. The molecule has 4 aromatic rings. The van der Waals surface area contributed by atoms with E-state index in [4.69, 9.17) is 0 Å². The fourth-order valence-electron chi connectivity index (χ4n) is 2.51. The maximum atomic E-state index is 2.34. The predicted molar refractivity (Wildman–Crippen MR) is 104 cm³/mol. The van der Waals surface area contributed by atoms with Crippen molar-refractivity contribution in [2.24, 2.45) is 0 Å². The molecule has 4 aromatic heterocycles. The van der Waals surface area contributed by atoms with Crippen LogP contribution in [0.5, 0.6) is 0 Å². The highest BCUT2D eigenvalue weighted by molar-refractivity contribution is 7.28. The van der Waals surface area contributed by atoms with E-state index in [1.165, 1.54) is 40.4 Å². The number of hydrogen-bond donors (Lipinski definition) is 0. The molecule has 0 nitrogen and oxygen atoms in total. The Balaban J connectivity index is 1.78. The molecule has 0 atom stereocenters. The number of hydrogen-bond acceptors (Lipinski definition) is 4. The van der Waals surface area contributed by atoms with Crippen molar-refractivity contribution >= 4 is 45.3 Å². The average molecular weight is 359 g/mol. The summed E-state index contributed by atoms with van der Waals surface area (Å²) in [4.78, 5) is 8.35. The summed E-state index contributed by atoms with van der Waals surface area (Å²) in [6.07, 6.45) is 0. The number of aryl methyl sites for hydroxylation is 2. The van der Waals surface area contributed by atoms with Crippen LogP contribution in [-0.4, -0.2) is 0 Å². The third kappa shape index (κ3) is 2.50. The highest BCUT2D eigenvalue weighted by atomic mass is 32.1. The molecule has 0 spiro atoms. The Morgan fingerprint density at radius 2 is 1.18 bits per heavy atom. The Morgan fingerprint density at radius 3 is 1.82 bits per heavy atom. The highest BCUT2D eigenvalue weighted by Gasteiger charge is 2.15. The van der Waals surface area contributed by atoms with Gasteiger partial charge in [-0.3, -0.25) is 0 Å². The molecular formula is C18H14S4. The topological polar surface area (TPSA) is 0 Å². The Hall–Kier alpha value is -1.20. The van der Waals surface area contributed by atoms with Crippen molar-refractivity contribution in [3.05, 3.63) is 58.3 Å². The first-order valence-corrected chi connectivity index (χ1v) is 10.4. The van der Waals surface area contributed by atoms with E-state index < -0.39 is 0 Å². The molecule has 110 valence electrons. The molecule has 0 bridgehead atoms. The molecule has 4 rings (SSSR count). The monoisotopic (exact) mass is 358 g/mol. The van der Waals surface area contributed by atoms with Crippen LogP contribution in [0.25, 0.3) is 29.3 Å². The van der Waals surface area contributed by atoms with Gasteiger partial charge in [-0.2, -0.15) is 0 Å². The lowest BCUT2D eigenvalue weighted by atomic mass is 10.2. The fraction of sp³-hybridized carbons (Fsp3) is 0.111. The Kier molecular flexibility index (Phi) is 3.78. The maximum Gasteiger partial charge on any atom is 0.0479 e. The summed E-state index contributed by atoms with van der Waals surface area (Å²) in [5.74, 6) is 0. The van der Waals surface area contributed by atoms with Gasteiger partial charge in [0, 0.05) is 29.3 Å². The summed E-state index contributed by atoms with van der Waals surface area (Å²) in [7, 11) is 0. The molecule has 0 fully saturated rings. The first kappa shape index (κ1) is 14.4. The molecule has 4 heterocycles. The van der Waals surface area contributed by atoms with E-state index in [1.807, 2.05) is 45.3 Å². The van der Waals surface area contributed by atoms with E-state index in [1.54, 1.807) is 0 Å². The zero-order chi connectivity index (χ0) is 15.1. The van der Waals surface area contributed by atoms with Gasteiger partial charge in [-0.25, -0.2) is 0 Å². The second kappa shape index (κ2) is 5.78. The van der Waals surface area contributed by atoms with Crippen LogP contribution in [0.3, 0.4) is 0 Å². The van der Waals surface area contributed by atoms with Crippen molar-refractivity contribution in [1.82, 2.24) is 0 Å². The first-order chi connectivity index (χ1) is 10.7. The van der Waals surface area contributed by atoms with Crippen molar-refractivity contribution in [3.63, 3.8) is 0 Å². The molecule has 4 heteroatoms. The smallest absolute Gasteiger partial charge is 0.0479 e. The van der Waals surface area contributed by atoms with Crippen LogP contribution in [0, 0.1) is 13.8 Å². The molecule has 0 amide bonds. The zero-order valence-corrected chi connectivity index (χ0v) is 15.5. The van der Waals surface area contributed by atoms with Gasteiger partial charge >= 0.3 is 0 Å². The van der Waals surface area contributed by atoms with Crippen molar-refractivity contribution in [3.8, 4) is 29.3 Å². The van der Waals surface area contributed by atoms with Gasteiger partial charge in [0.25, 0.3) is 0 Å². The minimum atomic E-state index is 1.37. The molecule has 0 aliphatic rings. The van der Waals surface area contributed by atoms with E-state index in [0.29, 0.717) is 0 Å². The Bertz CT molecular complexity index is 889. The van der Waals surface area contributed by atoms with E-state index in [-0.39, 0.29) is 0 Å². The summed E-state index contributed by atoms with van der Waals surface area (Å²) in [6.45, 7) is 4.45. The quantitative estimate of drug-likeness (QED) is 0.354. The van der Waals surface area contributed by atoms with Crippen LogP contribution in [-0.2, 0) is 0 Å². The van der Waals surface area contributed by atoms with Crippen LogP contribution < -0.4 is 0 Å². The maximum absolute atomic E-state index is 2.34. The third-order valence-electron chi connectivity index (χ3n) is 3.57. The molecule has 0 unspecified atom stereocenters. The predicted octanol–water partition coefficient (Wildman–Crippen LogP) is 7.55. The minimum Gasteiger partial charge on any atom is -0.143 e. The lowest BCUT2D eigenvalue weighted by Gasteiger charge is -1.94. The van der Waals surface area contributed by atoms with E-state index in [2.05, 4.69) is 61.0 Å². The van der Waals surface area contributed by atoms with Crippen LogP contribution in [0.2, 0.25) is 0 Å². The third-order valence-corrected chi connectivity index (χ3v) is 8.34. The van der Waals surface area contributed by atoms with Gasteiger partial charge in [0.05, 0.1) is 0 Å². The minimum absolute atomic E-state index is 1.37. The second-order valence-electron chi connectivity index (χ2n) is 5.20. The summed E-state index contributed by atoms with van der Waals surface area (Å²) in [5, 5.41) is 4.30. The Morgan fingerprint density at radius 1 is 0.636 bits per heavy atom. The van der Waals surface area contributed by atoms with Gasteiger partial charge in [-0.15, -0.1) is 45.3 Å². The first-order valence-electron chi connectivity index (χ1n) is 7.01. The highest BCUT2D eigenvalue weighted by Crippen LogP contribution is 2.45. The standard InChI is InChI=1S/C18H14S4/c1-11-9-15(13-5-3-7-19-13)21-18(11)16-10-12(2)17(22-16)14-6-4-8-20-14/h3-10H,1-2H3. The van der Waals surface area contributed by atoms with Crippen molar-refractivity contribution < 1.29 is 0 Å². The molecular weight excluding hydrogens is 344 g/mol. The number of rotatable bonds is 3. The summed E-state index contributed by atoms with van der Waals surface area (Å²) < 4.78 is 0. The fourth-order valence-corrected chi connectivity index (χ4v) is 6.77. The molecule has 0 aliphatic carbocycles. The molecule has 0 aliphatic heterocycles. The van der Waals surface area contributed by atoms with Gasteiger partial charge < -0.3 is 0 Å². The summed E-state index contributed by atoms with van der Waals surface area (Å²) in [5.41, 5.74) is 2.76. The lowest BCUT2D eigenvalue weighted by Crippen LogP contribution is -1.68. The van der Waals surface area contributed by atoms with Crippen LogP contribution in [0.4, 0.5) is 0 Å². The van der Waals surface area contributed by atoms with Gasteiger partial charge in [-0.1, -0.05) is 12.1 Å². The molecule has 0 saturated carbocycles. The van der Waals surface area contributed by atoms with E-state index in [0.717, 1.165) is 0 Å². The van der Waals surface area contributed by atoms with Crippen LogP contribution >= 0.6 is 45.3 Å². The second-order valence-corrected chi connectivity index (χ2v) is 9.20. The largest absolute Gasteiger partial charge is 0.143 e. The lowest BCUT2D eigenvalue weighted by molar-refractivity contribution is 1.53. The van der Waals surface area contributed by atoms with Crippen molar-refractivity contribution in [1.29, 1.82) is 0 Å². The van der Waals surface area contributed by atoms with E-state index in [9.17, 15) is 0 Å². The van der Waals surface area contributed by atoms with Gasteiger partial charge in [-0.05, 0) is 60.0 Å². The van der Waals surface area contributed by atoms with Gasteiger partial charge in [0.15, 0.2) is 0 Å². The van der Waals surface area contributed by atoms with Crippen molar-refractivity contribution in [2.75, 3.05) is 0 Å². The van der Waals surface area contributed by atoms with Gasteiger partial charge in [0.1, 0.15) is 0 Å². The van der Waals surface area contributed by atoms with E-state index >= 15 is 0 Å². The molecule has 22 heavy (non-hydrogen) atoms. The van der Waals surface area contributed by atoms with Gasteiger partial charge in [0.2, 0.25) is 0 Å². The van der Waals surface area contributed by atoms with Crippen molar-refractivity contribution in [2.45, 2.75) is 13.8 Å². The number of thiophene rings is 4.